The molecule has 3 rings (SSSR count). The number of aryl methyl sites for hydroxylation is 1. The first-order valence-corrected chi connectivity index (χ1v) is 12.1. The van der Waals surface area contributed by atoms with Crippen LogP contribution in [0.5, 0.6) is 5.75 Å². The second-order valence-corrected chi connectivity index (χ2v) is 9.97. The summed E-state index contributed by atoms with van der Waals surface area (Å²) < 4.78 is 5.56. The minimum Gasteiger partial charge on any atom is -0.496 e. The van der Waals surface area contributed by atoms with E-state index in [1.54, 1.807) is 13.2 Å². The maximum Gasteiger partial charge on any atom is 0.223 e. The molecule has 0 saturated carbocycles. The molecular weight excluding hydrogens is 443 g/mol. The predicted molar refractivity (Wildman–Crippen MR) is 133 cm³/mol. The Morgan fingerprint density at radius 3 is 2.41 bits per heavy atom. The van der Waals surface area contributed by atoms with E-state index in [1.807, 2.05) is 12.1 Å². The number of nitrogens with one attached hydrogen (secondary N) is 1. The van der Waals surface area contributed by atoms with Gasteiger partial charge in [0.25, 0.3) is 0 Å². The number of carbonyl (C=O) groups excluding carboxylic acids is 1. The van der Waals surface area contributed by atoms with Crippen molar-refractivity contribution in [2.45, 2.75) is 59.0 Å². The van der Waals surface area contributed by atoms with Gasteiger partial charge >= 0.3 is 0 Å². The molecule has 0 aliphatic carbocycles. The van der Waals surface area contributed by atoms with Crippen LogP contribution >= 0.6 is 23.2 Å². The van der Waals surface area contributed by atoms with Crippen molar-refractivity contribution in [3.05, 3.63) is 62.6 Å². The summed E-state index contributed by atoms with van der Waals surface area (Å²) in [5.74, 6) is 1.44. The molecule has 1 heterocycles. The van der Waals surface area contributed by atoms with Crippen molar-refractivity contribution in [2.24, 2.45) is 5.92 Å². The summed E-state index contributed by atoms with van der Waals surface area (Å²) in [5, 5.41) is 4.60. The Bertz CT molecular complexity index is 953. The van der Waals surface area contributed by atoms with Gasteiger partial charge in [0, 0.05) is 22.5 Å². The quantitative estimate of drug-likeness (QED) is 0.494. The van der Waals surface area contributed by atoms with Crippen molar-refractivity contribution in [2.75, 3.05) is 20.2 Å². The Kier molecular flexibility index (Phi) is 8.49. The van der Waals surface area contributed by atoms with Gasteiger partial charge in [-0.25, -0.2) is 0 Å². The molecule has 32 heavy (non-hydrogen) atoms. The largest absolute Gasteiger partial charge is 0.496 e. The second kappa shape index (κ2) is 10.9. The maximum atomic E-state index is 13.0. The average molecular weight is 477 g/mol. The van der Waals surface area contributed by atoms with Crippen molar-refractivity contribution in [3.63, 3.8) is 0 Å². The summed E-state index contributed by atoms with van der Waals surface area (Å²) in [6.45, 7) is 11.0. The van der Waals surface area contributed by atoms with Crippen LogP contribution in [0.15, 0.2) is 30.3 Å². The molecule has 2 aromatic carbocycles. The molecule has 1 N–H and O–H groups in total. The maximum absolute atomic E-state index is 13.0. The summed E-state index contributed by atoms with van der Waals surface area (Å²) in [4.78, 5) is 15.4. The number of benzene rings is 2. The fraction of sp³-hybridized carbons (Fsp3) is 0.500. The minimum absolute atomic E-state index is 0.0394. The highest BCUT2D eigenvalue weighted by atomic mass is 35.5. The van der Waals surface area contributed by atoms with Crippen LogP contribution in [0, 0.1) is 12.8 Å². The number of amides is 1. The molecule has 1 amide bonds. The second-order valence-electron chi connectivity index (χ2n) is 9.12. The third-order valence-electron chi connectivity index (χ3n) is 6.43. The van der Waals surface area contributed by atoms with E-state index in [0.29, 0.717) is 16.0 Å². The number of methoxy groups -OCH3 is 1. The predicted octanol–water partition coefficient (Wildman–Crippen LogP) is 6.52. The van der Waals surface area contributed by atoms with Gasteiger partial charge in [0.1, 0.15) is 5.75 Å². The summed E-state index contributed by atoms with van der Waals surface area (Å²) in [6, 6.07) is 9.85. The molecule has 1 atom stereocenters. The van der Waals surface area contributed by atoms with Gasteiger partial charge in [-0.05, 0) is 92.2 Å². The van der Waals surface area contributed by atoms with Gasteiger partial charge in [-0.15, -0.1) is 0 Å². The highest BCUT2D eigenvalue weighted by Crippen LogP contribution is 2.32. The molecule has 174 valence electrons. The first-order valence-electron chi connectivity index (χ1n) is 11.3. The van der Waals surface area contributed by atoms with E-state index in [-0.39, 0.29) is 17.9 Å². The van der Waals surface area contributed by atoms with Gasteiger partial charge in [0.2, 0.25) is 5.91 Å². The van der Waals surface area contributed by atoms with Crippen LogP contribution in [0.4, 0.5) is 0 Å². The zero-order chi connectivity index (χ0) is 23.4. The summed E-state index contributed by atoms with van der Waals surface area (Å²) in [7, 11) is 1.71. The fourth-order valence-corrected chi connectivity index (χ4v) is 4.93. The number of piperidine rings is 1. The SMILES string of the molecule is COc1cc(C)c(C(C)NC(=O)C2CCN(Cc3ccc(Cl)cc3Cl)CC2)cc1C(C)C. The lowest BCUT2D eigenvalue weighted by molar-refractivity contribution is -0.127. The fourth-order valence-electron chi connectivity index (χ4n) is 4.46. The topological polar surface area (TPSA) is 41.6 Å². The third kappa shape index (κ3) is 5.98. The summed E-state index contributed by atoms with van der Waals surface area (Å²) >= 11 is 12.3. The summed E-state index contributed by atoms with van der Waals surface area (Å²) in [5.41, 5.74) is 4.53. The van der Waals surface area contributed by atoms with E-state index in [0.717, 1.165) is 54.9 Å². The first kappa shape index (κ1) is 24.9. The zero-order valence-corrected chi connectivity index (χ0v) is 21.2. The monoisotopic (exact) mass is 476 g/mol. The van der Waals surface area contributed by atoms with E-state index in [9.17, 15) is 4.79 Å². The highest BCUT2D eigenvalue weighted by Gasteiger charge is 2.27. The smallest absolute Gasteiger partial charge is 0.223 e. The number of rotatable bonds is 7. The number of carbonyl (C=O) groups is 1. The van der Waals surface area contributed by atoms with Gasteiger partial charge in [-0.3, -0.25) is 9.69 Å². The van der Waals surface area contributed by atoms with Crippen molar-refractivity contribution in [1.82, 2.24) is 10.2 Å². The molecule has 0 spiro atoms. The van der Waals surface area contributed by atoms with Crippen molar-refractivity contribution in [1.29, 1.82) is 0 Å². The Balaban J connectivity index is 1.58. The van der Waals surface area contributed by atoms with Crippen LogP contribution in [-0.4, -0.2) is 31.0 Å². The standard InChI is InChI=1S/C26H34Cl2N2O2/c1-16(2)22-14-23(17(3)12-25(22)32-5)18(4)29-26(31)19-8-10-30(11-9-19)15-20-6-7-21(27)13-24(20)28/h6-7,12-14,16,18-19H,8-11,15H2,1-5H3,(H,29,31). The lowest BCUT2D eigenvalue weighted by Crippen LogP contribution is -2.41. The Hall–Kier alpha value is -1.75. The number of likely N-dealkylation sites (tertiary alicyclic amines) is 1. The Morgan fingerprint density at radius 1 is 1.12 bits per heavy atom. The van der Waals surface area contributed by atoms with Crippen LogP contribution in [-0.2, 0) is 11.3 Å². The van der Waals surface area contributed by atoms with Crippen LogP contribution in [0.25, 0.3) is 0 Å². The van der Waals surface area contributed by atoms with Crippen molar-refractivity contribution in [3.8, 4) is 5.75 Å². The molecule has 1 fully saturated rings. The lowest BCUT2D eigenvalue weighted by Gasteiger charge is -2.32. The van der Waals surface area contributed by atoms with Crippen molar-refractivity contribution >= 4 is 29.1 Å². The Labute approximate surface area is 202 Å². The molecule has 0 aromatic heterocycles. The molecule has 1 saturated heterocycles. The van der Waals surface area contributed by atoms with Gasteiger partial charge in [0.15, 0.2) is 0 Å². The molecule has 6 heteroatoms. The zero-order valence-electron chi connectivity index (χ0n) is 19.7. The molecule has 4 nitrogen and oxygen atoms in total. The molecule has 1 unspecified atom stereocenters. The van der Waals surface area contributed by atoms with Crippen LogP contribution in [0.1, 0.15) is 67.8 Å². The minimum atomic E-state index is -0.0446. The van der Waals surface area contributed by atoms with E-state index >= 15 is 0 Å². The number of halogens is 2. The number of hydrogen-bond donors (Lipinski definition) is 1. The molecule has 0 radical (unpaired) electrons. The van der Waals surface area contributed by atoms with Gasteiger partial charge in [-0.2, -0.15) is 0 Å². The van der Waals surface area contributed by atoms with Crippen LogP contribution in [0.3, 0.4) is 0 Å². The lowest BCUT2D eigenvalue weighted by atomic mass is 9.92. The molecular formula is C26H34Cl2N2O2. The van der Waals surface area contributed by atoms with Gasteiger partial charge < -0.3 is 10.1 Å². The molecule has 0 bridgehead atoms. The molecule has 2 aromatic rings. The number of nitrogens with zero attached hydrogens (tertiary/aromatic N) is 1. The molecule has 1 aliphatic heterocycles. The van der Waals surface area contributed by atoms with Crippen molar-refractivity contribution < 1.29 is 9.53 Å². The van der Waals surface area contributed by atoms with Crippen LogP contribution < -0.4 is 10.1 Å². The highest BCUT2D eigenvalue weighted by molar-refractivity contribution is 6.35. The van der Waals surface area contributed by atoms with Gasteiger partial charge in [0.05, 0.1) is 13.2 Å². The van der Waals surface area contributed by atoms with E-state index < -0.39 is 0 Å². The molecule has 1 aliphatic rings. The average Bonchev–Trinajstić information content (AvgIpc) is 2.75. The van der Waals surface area contributed by atoms with Gasteiger partial charge in [-0.1, -0.05) is 43.1 Å². The summed E-state index contributed by atoms with van der Waals surface area (Å²) in [6.07, 6.45) is 1.70. The normalized spacial score (nSPS) is 16.2. The van der Waals surface area contributed by atoms with E-state index in [2.05, 4.69) is 50.0 Å². The Morgan fingerprint density at radius 2 is 1.81 bits per heavy atom. The van der Waals surface area contributed by atoms with Crippen LogP contribution in [0.2, 0.25) is 10.0 Å². The number of ether oxygens (including phenoxy) is 1. The van der Waals surface area contributed by atoms with E-state index in [1.165, 1.54) is 5.56 Å². The van der Waals surface area contributed by atoms with E-state index in [4.69, 9.17) is 27.9 Å². The third-order valence-corrected chi connectivity index (χ3v) is 7.02. The first-order chi connectivity index (χ1) is 15.2. The number of hydrogen-bond acceptors (Lipinski definition) is 3.